The third-order valence-corrected chi connectivity index (χ3v) is 4.71. The van der Waals surface area contributed by atoms with Gasteiger partial charge in [-0.15, -0.1) is 11.3 Å². The normalized spacial score (nSPS) is 11.3. The first-order valence-corrected chi connectivity index (χ1v) is 7.65. The maximum Gasteiger partial charge on any atom is 0.113 e. The van der Waals surface area contributed by atoms with E-state index in [2.05, 4.69) is 59.2 Å². The Labute approximate surface area is 123 Å². The lowest BCUT2D eigenvalue weighted by Gasteiger charge is -2.05. The van der Waals surface area contributed by atoms with E-state index in [1.807, 2.05) is 7.05 Å². The Kier molecular flexibility index (Phi) is 3.59. The van der Waals surface area contributed by atoms with Gasteiger partial charge in [-0.05, 0) is 38.6 Å². The third-order valence-electron chi connectivity index (χ3n) is 3.65. The fraction of sp³-hybridized carbons (Fsp3) is 0.312. The molecule has 0 fully saturated rings. The summed E-state index contributed by atoms with van der Waals surface area (Å²) in [5.41, 5.74) is 3.77. The monoisotopic (exact) mass is 285 g/mol. The van der Waals surface area contributed by atoms with E-state index in [4.69, 9.17) is 0 Å². The number of nitrogens with one attached hydrogen (secondary N) is 1. The summed E-state index contributed by atoms with van der Waals surface area (Å²) in [6.07, 6.45) is 2.16. The predicted molar refractivity (Wildman–Crippen MR) is 85.4 cm³/mol. The fourth-order valence-electron chi connectivity index (χ4n) is 2.52. The van der Waals surface area contributed by atoms with E-state index >= 15 is 0 Å². The zero-order valence-electron chi connectivity index (χ0n) is 12.1. The van der Waals surface area contributed by atoms with Gasteiger partial charge in [0.05, 0.1) is 12.2 Å². The lowest BCUT2D eigenvalue weighted by atomic mass is 10.1. The zero-order chi connectivity index (χ0) is 14.1. The molecule has 0 aliphatic rings. The van der Waals surface area contributed by atoms with Crippen LogP contribution in [0.4, 0.5) is 0 Å². The second kappa shape index (κ2) is 5.38. The molecule has 4 heteroatoms. The van der Waals surface area contributed by atoms with Crippen LogP contribution in [0.3, 0.4) is 0 Å². The smallest absolute Gasteiger partial charge is 0.113 e. The molecule has 0 amide bonds. The van der Waals surface area contributed by atoms with Gasteiger partial charge in [0, 0.05) is 28.5 Å². The highest BCUT2D eigenvalue weighted by molar-refractivity contribution is 7.11. The fourth-order valence-corrected chi connectivity index (χ4v) is 3.46. The van der Waals surface area contributed by atoms with Crippen molar-refractivity contribution >= 4 is 22.2 Å². The molecule has 0 spiro atoms. The summed E-state index contributed by atoms with van der Waals surface area (Å²) in [5.74, 6) is 0. The van der Waals surface area contributed by atoms with Crippen molar-refractivity contribution in [2.24, 2.45) is 0 Å². The van der Waals surface area contributed by atoms with Gasteiger partial charge in [-0.1, -0.05) is 12.1 Å². The number of hydrogen-bond acceptors (Lipinski definition) is 3. The van der Waals surface area contributed by atoms with Crippen molar-refractivity contribution in [3.8, 4) is 0 Å². The molecule has 0 unspecified atom stereocenters. The van der Waals surface area contributed by atoms with E-state index in [0.29, 0.717) is 0 Å². The van der Waals surface area contributed by atoms with Gasteiger partial charge in [-0.3, -0.25) is 0 Å². The minimum atomic E-state index is 0.853. The van der Waals surface area contributed by atoms with Crippen molar-refractivity contribution in [3.05, 3.63) is 51.6 Å². The molecule has 104 valence electrons. The Morgan fingerprint density at radius 1 is 1.25 bits per heavy atom. The molecule has 0 radical (unpaired) electrons. The number of aryl methyl sites for hydroxylation is 2. The van der Waals surface area contributed by atoms with Gasteiger partial charge in [0.1, 0.15) is 5.01 Å². The Morgan fingerprint density at radius 2 is 2.10 bits per heavy atom. The van der Waals surface area contributed by atoms with Crippen LogP contribution >= 0.6 is 11.3 Å². The first-order valence-electron chi connectivity index (χ1n) is 6.83. The molecule has 2 heterocycles. The second-order valence-electron chi connectivity index (χ2n) is 5.07. The van der Waals surface area contributed by atoms with Gasteiger partial charge in [0.15, 0.2) is 0 Å². The summed E-state index contributed by atoms with van der Waals surface area (Å²) in [6.45, 7) is 5.96. The summed E-state index contributed by atoms with van der Waals surface area (Å²) in [6, 6.07) is 8.70. The van der Waals surface area contributed by atoms with E-state index in [9.17, 15) is 0 Å². The summed E-state index contributed by atoms with van der Waals surface area (Å²) >= 11 is 1.79. The van der Waals surface area contributed by atoms with Crippen LogP contribution in [0.15, 0.2) is 30.5 Å². The molecule has 0 atom stereocenters. The minimum absolute atomic E-state index is 0.853. The number of fused-ring (bicyclic) bond motifs is 1. The van der Waals surface area contributed by atoms with Crippen LogP contribution in [0, 0.1) is 13.8 Å². The maximum absolute atomic E-state index is 4.64. The van der Waals surface area contributed by atoms with E-state index in [1.54, 1.807) is 11.3 Å². The van der Waals surface area contributed by atoms with Crippen molar-refractivity contribution in [3.63, 3.8) is 0 Å². The molecule has 0 aliphatic heterocycles. The molecular weight excluding hydrogens is 266 g/mol. The SMILES string of the molecule is CNCc1cccc2c1ccn2Cc1nc(C)c(C)s1. The molecule has 0 aliphatic carbocycles. The van der Waals surface area contributed by atoms with Gasteiger partial charge >= 0.3 is 0 Å². The molecule has 3 nitrogen and oxygen atoms in total. The van der Waals surface area contributed by atoms with Gasteiger partial charge < -0.3 is 9.88 Å². The van der Waals surface area contributed by atoms with Gasteiger partial charge in [0.25, 0.3) is 0 Å². The summed E-state index contributed by atoms with van der Waals surface area (Å²) in [7, 11) is 1.98. The Morgan fingerprint density at radius 3 is 2.80 bits per heavy atom. The molecule has 1 aromatic carbocycles. The average Bonchev–Trinajstić information content (AvgIpc) is 2.96. The van der Waals surface area contributed by atoms with E-state index in [1.165, 1.54) is 26.4 Å². The van der Waals surface area contributed by atoms with Crippen molar-refractivity contribution in [1.29, 1.82) is 0 Å². The van der Waals surface area contributed by atoms with Crippen LogP contribution in [-0.2, 0) is 13.1 Å². The number of hydrogen-bond donors (Lipinski definition) is 1. The van der Waals surface area contributed by atoms with Crippen LogP contribution in [-0.4, -0.2) is 16.6 Å². The van der Waals surface area contributed by atoms with Crippen LogP contribution in [0.2, 0.25) is 0 Å². The molecule has 3 rings (SSSR count). The van der Waals surface area contributed by atoms with E-state index < -0.39 is 0 Å². The highest BCUT2D eigenvalue weighted by Gasteiger charge is 2.08. The topological polar surface area (TPSA) is 29.9 Å². The molecule has 20 heavy (non-hydrogen) atoms. The minimum Gasteiger partial charge on any atom is -0.341 e. The highest BCUT2D eigenvalue weighted by Crippen LogP contribution is 2.23. The molecule has 0 saturated carbocycles. The number of aromatic nitrogens is 2. The van der Waals surface area contributed by atoms with Gasteiger partial charge in [0.2, 0.25) is 0 Å². The first kappa shape index (κ1) is 13.3. The Bertz CT molecular complexity index is 720. The summed E-state index contributed by atoms with van der Waals surface area (Å²) < 4.78 is 2.28. The standard InChI is InChI=1S/C16H19N3S/c1-11-12(2)20-16(18-11)10-19-8-7-14-13(9-17-3)5-4-6-15(14)19/h4-8,17H,9-10H2,1-3H3. The number of thiazole rings is 1. The quantitative estimate of drug-likeness (QED) is 0.795. The average molecular weight is 285 g/mol. The van der Waals surface area contributed by atoms with Gasteiger partial charge in [-0.2, -0.15) is 0 Å². The van der Waals surface area contributed by atoms with E-state index in [-0.39, 0.29) is 0 Å². The van der Waals surface area contributed by atoms with Crippen molar-refractivity contribution < 1.29 is 0 Å². The molecule has 1 N–H and O–H groups in total. The zero-order valence-corrected chi connectivity index (χ0v) is 12.9. The van der Waals surface area contributed by atoms with Gasteiger partial charge in [-0.25, -0.2) is 4.98 Å². The third kappa shape index (κ3) is 2.37. The summed E-state index contributed by atoms with van der Waals surface area (Å²) in [4.78, 5) is 5.95. The first-order chi connectivity index (χ1) is 9.69. The molecular formula is C16H19N3S. The van der Waals surface area contributed by atoms with Crippen LogP contribution in [0.1, 0.15) is 21.1 Å². The largest absolute Gasteiger partial charge is 0.341 e. The van der Waals surface area contributed by atoms with Crippen LogP contribution in [0.5, 0.6) is 0 Å². The molecule has 0 bridgehead atoms. The van der Waals surface area contributed by atoms with Crippen molar-refractivity contribution in [2.45, 2.75) is 26.9 Å². The number of rotatable bonds is 4. The highest BCUT2D eigenvalue weighted by atomic mass is 32.1. The Hall–Kier alpha value is -1.65. The number of benzene rings is 1. The molecule has 2 aromatic heterocycles. The van der Waals surface area contributed by atoms with Crippen LogP contribution < -0.4 is 5.32 Å². The molecule has 0 saturated heterocycles. The van der Waals surface area contributed by atoms with E-state index in [0.717, 1.165) is 18.8 Å². The second-order valence-corrected chi connectivity index (χ2v) is 6.36. The maximum atomic E-state index is 4.64. The van der Waals surface area contributed by atoms with Crippen molar-refractivity contribution in [1.82, 2.24) is 14.9 Å². The van der Waals surface area contributed by atoms with Crippen molar-refractivity contribution in [2.75, 3.05) is 7.05 Å². The number of nitrogens with zero attached hydrogens (tertiary/aromatic N) is 2. The van der Waals surface area contributed by atoms with Crippen LogP contribution in [0.25, 0.3) is 10.9 Å². The predicted octanol–water partition coefficient (Wildman–Crippen LogP) is 3.48. The lowest BCUT2D eigenvalue weighted by molar-refractivity contribution is 0.817. The Balaban J connectivity index is 1.98. The molecule has 3 aromatic rings. The summed E-state index contributed by atoms with van der Waals surface area (Å²) in [5, 5.41) is 5.73. The lowest BCUT2D eigenvalue weighted by Crippen LogP contribution is -2.05.